The van der Waals surface area contributed by atoms with E-state index in [9.17, 15) is 0 Å². The van der Waals surface area contributed by atoms with Crippen LogP contribution in [0.25, 0.3) is 0 Å². The molecule has 0 saturated heterocycles. The van der Waals surface area contributed by atoms with Crippen LogP contribution in [0, 0.1) is 12.8 Å². The molecule has 1 atom stereocenters. The Bertz CT molecular complexity index is 399. The van der Waals surface area contributed by atoms with Gasteiger partial charge in [0.25, 0.3) is 0 Å². The minimum Gasteiger partial charge on any atom is -0.383 e. The van der Waals surface area contributed by atoms with Crippen LogP contribution in [-0.4, -0.2) is 16.0 Å². The van der Waals surface area contributed by atoms with Crippen LogP contribution in [0.3, 0.4) is 0 Å². The summed E-state index contributed by atoms with van der Waals surface area (Å²) >= 11 is 0. The Balaban J connectivity index is 3.07. The van der Waals surface area contributed by atoms with Gasteiger partial charge in [0.05, 0.1) is 0 Å². The molecule has 0 aliphatic rings. The predicted molar refractivity (Wildman–Crippen MR) is 77.8 cm³/mol. The van der Waals surface area contributed by atoms with E-state index in [0.717, 1.165) is 23.6 Å². The molecule has 1 rings (SSSR count). The molecule has 4 nitrogen and oxygen atoms in total. The van der Waals surface area contributed by atoms with E-state index >= 15 is 0 Å². The topological polar surface area (TPSA) is 63.8 Å². The van der Waals surface area contributed by atoms with Crippen LogP contribution in [-0.2, 0) is 0 Å². The summed E-state index contributed by atoms with van der Waals surface area (Å²) in [6, 6.07) is 0.415. The zero-order valence-electron chi connectivity index (χ0n) is 12.4. The third-order valence-electron chi connectivity index (χ3n) is 3.28. The first-order chi connectivity index (χ1) is 8.36. The number of nitrogens with zero attached hydrogens (tertiary/aromatic N) is 2. The summed E-state index contributed by atoms with van der Waals surface area (Å²) in [5, 5.41) is 3.50. The second-order valence-corrected chi connectivity index (χ2v) is 5.50. The molecule has 18 heavy (non-hydrogen) atoms. The number of nitrogen functional groups attached to an aromatic ring is 1. The van der Waals surface area contributed by atoms with Gasteiger partial charge in [-0.15, -0.1) is 0 Å². The van der Waals surface area contributed by atoms with Crippen molar-refractivity contribution in [2.75, 3.05) is 11.1 Å². The van der Waals surface area contributed by atoms with Gasteiger partial charge in [0.15, 0.2) is 0 Å². The van der Waals surface area contributed by atoms with E-state index in [1.54, 1.807) is 0 Å². The fourth-order valence-electron chi connectivity index (χ4n) is 1.87. The fourth-order valence-corrected chi connectivity index (χ4v) is 1.87. The summed E-state index contributed by atoms with van der Waals surface area (Å²) in [4.78, 5) is 8.94. The summed E-state index contributed by atoms with van der Waals surface area (Å²) in [5.41, 5.74) is 6.90. The standard InChI is InChI=1S/C14H26N4/c1-7-11(8(2)3)16-14-10(6)12(15)17-13(18-14)9(4)5/h8-9,11H,7H2,1-6H3,(H3,15,16,17,18). The van der Waals surface area contributed by atoms with Gasteiger partial charge in [0, 0.05) is 17.5 Å². The van der Waals surface area contributed by atoms with E-state index in [0.29, 0.717) is 17.8 Å². The van der Waals surface area contributed by atoms with Crippen LogP contribution in [0.1, 0.15) is 58.3 Å². The van der Waals surface area contributed by atoms with Crippen molar-refractivity contribution in [3.8, 4) is 0 Å². The Morgan fingerprint density at radius 2 is 1.78 bits per heavy atom. The second-order valence-electron chi connectivity index (χ2n) is 5.50. The average molecular weight is 250 g/mol. The van der Waals surface area contributed by atoms with Crippen LogP contribution >= 0.6 is 0 Å². The molecule has 1 unspecified atom stereocenters. The largest absolute Gasteiger partial charge is 0.383 e. The predicted octanol–water partition coefficient (Wildman–Crippen LogP) is 3.34. The minimum absolute atomic E-state index is 0.285. The maximum absolute atomic E-state index is 5.96. The second kappa shape index (κ2) is 6.03. The highest BCUT2D eigenvalue weighted by molar-refractivity contribution is 5.55. The maximum atomic E-state index is 5.96. The van der Waals surface area contributed by atoms with E-state index in [-0.39, 0.29) is 5.92 Å². The normalized spacial score (nSPS) is 13.1. The number of hydrogen-bond acceptors (Lipinski definition) is 4. The van der Waals surface area contributed by atoms with Crippen LogP contribution in [0.5, 0.6) is 0 Å². The van der Waals surface area contributed by atoms with E-state index in [1.165, 1.54) is 0 Å². The lowest BCUT2D eigenvalue weighted by Crippen LogP contribution is -2.26. The fraction of sp³-hybridized carbons (Fsp3) is 0.714. The number of anilines is 2. The monoisotopic (exact) mass is 250 g/mol. The van der Waals surface area contributed by atoms with E-state index in [2.05, 4.69) is 49.9 Å². The van der Waals surface area contributed by atoms with E-state index in [1.807, 2.05) is 6.92 Å². The molecule has 0 aliphatic carbocycles. The SMILES string of the molecule is CCC(Nc1nc(C(C)C)nc(N)c1C)C(C)C. The zero-order chi connectivity index (χ0) is 13.9. The molecule has 0 fully saturated rings. The van der Waals surface area contributed by atoms with Gasteiger partial charge in [-0.3, -0.25) is 0 Å². The molecular formula is C14H26N4. The summed E-state index contributed by atoms with van der Waals surface area (Å²) in [6.07, 6.45) is 1.07. The Labute approximate surface area is 110 Å². The van der Waals surface area contributed by atoms with E-state index < -0.39 is 0 Å². The average Bonchev–Trinajstić information content (AvgIpc) is 2.30. The number of aromatic nitrogens is 2. The Kier molecular flexibility index (Phi) is 4.93. The Morgan fingerprint density at radius 3 is 2.22 bits per heavy atom. The van der Waals surface area contributed by atoms with Crippen molar-refractivity contribution in [1.82, 2.24) is 9.97 Å². The molecule has 0 aromatic carbocycles. The van der Waals surface area contributed by atoms with Crippen molar-refractivity contribution in [3.05, 3.63) is 11.4 Å². The number of hydrogen-bond donors (Lipinski definition) is 2. The Hall–Kier alpha value is -1.32. The van der Waals surface area contributed by atoms with Crippen molar-refractivity contribution in [2.24, 2.45) is 5.92 Å². The lowest BCUT2D eigenvalue weighted by Gasteiger charge is -2.23. The molecule has 0 amide bonds. The summed E-state index contributed by atoms with van der Waals surface area (Å²) in [5.74, 6) is 3.11. The highest BCUT2D eigenvalue weighted by atomic mass is 15.1. The molecule has 4 heteroatoms. The molecule has 3 N–H and O–H groups in total. The highest BCUT2D eigenvalue weighted by Crippen LogP contribution is 2.23. The van der Waals surface area contributed by atoms with Gasteiger partial charge in [-0.05, 0) is 19.3 Å². The smallest absolute Gasteiger partial charge is 0.135 e. The molecule has 1 heterocycles. The summed E-state index contributed by atoms with van der Waals surface area (Å²) in [6.45, 7) is 12.7. The molecular weight excluding hydrogens is 224 g/mol. The van der Waals surface area contributed by atoms with Gasteiger partial charge >= 0.3 is 0 Å². The molecule has 0 saturated carbocycles. The third kappa shape index (κ3) is 3.34. The van der Waals surface area contributed by atoms with Gasteiger partial charge in [0.2, 0.25) is 0 Å². The zero-order valence-corrected chi connectivity index (χ0v) is 12.4. The lowest BCUT2D eigenvalue weighted by atomic mass is 10.0. The van der Waals surface area contributed by atoms with Crippen LogP contribution in [0.15, 0.2) is 0 Å². The molecule has 102 valence electrons. The minimum atomic E-state index is 0.285. The van der Waals surface area contributed by atoms with Crippen molar-refractivity contribution in [3.63, 3.8) is 0 Å². The maximum Gasteiger partial charge on any atom is 0.135 e. The summed E-state index contributed by atoms with van der Waals surface area (Å²) in [7, 11) is 0. The number of nitrogens with two attached hydrogens (primary N) is 1. The lowest BCUT2D eigenvalue weighted by molar-refractivity contribution is 0.509. The molecule has 0 bridgehead atoms. The first-order valence-corrected chi connectivity index (χ1v) is 6.77. The molecule has 1 aromatic heterocycles. The van der Waals surface area contributed by atoms with Gasteiger partial charge in [0.1, 0.15) is 17.5 Å². The first-order valence-electron chi connectivity index (χ1n) is 6.77. The molecule has 1 aromatic rings. The third-order valence-corrected chi connectivity index (χ3v) is 3.28. The molecule has 0 aliphatic heterocycles. The van der Waals surface area contributed by atoms with Gasteiger partial charge in [-0.1, -0.05) is 34.6 Å². The van der Waals surface area contributed by atoms with Gasteiger partial charge in [-0.2, -0.15) is 0 Å². The summed E-state index contributed by atoms with van der Waals surface area (Å²) < 4.78 is 0. The van der Waals surface area contributed by atoms with Crippen molar-refractivity contribution in [1.29, 1.82) is 0 Å². The number of nitrogens with one attached hydrogen (secondary N) is 1. The molecule has 0 spiro atoms. The van der Waals surface area contributed by atoms with Gasteiger partial charge in [-0.25, -0.2) is 9.97 Å². The van der Waals surface area contributed by atoms with Crippen LogP contribution in [0.4, 0.5) is 11.6 Å². The molecule has 0 radical (unpaired) electrons. The Morgan fingerprint density at radius 1 is 1.17 bits per heavy atom. The van der Waals surface area contributed by atoms with Crippen LogP contribution in [0.2, 0.25) is 0 Å². The number of rotatable bonds is 5. The van der Waals surface area contributed by atoms with Gasteiger partial charge < -0.3 is 11.1 Å². The van der Waals surface area contributed by atoms with Crippen LogP contribution < -0.4 is 11.1 Å². The highest BCUT2D eigenvalue weighted by Gasteiger charge is 2.16. The van der Waals surface area contributed by atoms with E-state index in [4.69, 9.17) is 5.73 Å². The quantitative estimate of drug-likeness (QED) is 0.841. The first kappa shape index (κ1) is 14.7. The van der Waals surface area contributed by atoms with Crippen molar-refractivity contribution >= 4 is 11.6 Å². The van der Waals surface area contributed by atoms with Crippen molar-refractivity contribution < 1.29 is 0 Å². The van der Waals surface area contributed by atoms with Crippen molar-refractivity contribution in [2.45, 2.75) is 59.9 Å².